The Morgan fingerprint density at radius 1 is 1.11 bits per heavy atom. The first kappa shape index (κ1) is 24.8. The second-order valence-electron chi connectivity index (χ2n) is 9.33. The number of H-pyrrole nitrogens is 1. The Morgan fingerprint density at radius 3 is 2.57 bits per heavy atom. The fourth-order valence-electron chi connectivity index (χ4n) is 4.48. The molecule has 188 valence electrons. The number of ether oxygens (including phenoxy) is 2. The predicted molar refractivity (Wildman–Crippen MR) is 140 cm³/mol. The van der Waals surface area contributed by atoms with Gasteiger partial charge in [-0.05, 0) is 63.9 Å². The number of fused-ring (bicyclic) bond motifs is 1. The monoisotopic (exact) mass is 480 g/mol. The van der Waals surface area contributed by atoms with E-state index in [2.05, 4.69) is 15.2 Å². The maximum Gasteiger partial charge on any atom is 0.253 e. The Bertz CT molecular complexity index is 1230. The molecule has 1 aliphatic heterocycles. The number of nitrogens with one attached hydrogen (secondary N) is 2. The molecule has 35 heavy (non-hydrogen) atoms. The normalized spacial score (nSPS) is 13.9. The van der Waals surface area contributed by atoms with Crippen molar-refractivity contribution in [2.45, 2.75) is 39.7 Å². The molecule has 0 spiro atoms. The summed E-state index contributed by atoms with van der Waals surface area (Å²) in [6, 6.07) is 5.78. The quantitative estimate of drug-likeness (QED) is 0.426. The van der Waals surface area contributed by atoms with Crippen LogP contribution >= 0.6 is 0 Å². The van der Waals surface area contributed by atoms with Crippen LogP contribution in [0.1, 0.15) is 36.1 Å². The summed E-state index contributed by atoms with van der Waals surface area (Å²) in [6.45, 7) is 8.21. The van der Waals surface area contributed by atoms with Gasteiger partial charge in [-0.25, -0.2) is 4.98 Å². The van der Waals surface area contributed by atoms with Crippen molar-refractivity contribution in [3.8, 4) is 11.5 Å². The molecule has 1 saturated heterocycles. The zero-order valence-electron chi connectivity index (χ0n) is 21.4. The first-order chi connectivity index (χ1) is 16.9. The number of nitrogens with zero attached hydrogens (tertiary/aromatic N) is 4. The van der Waals surface area contributed by atoms with Crippen LogP contribution in [0.15, 0.2) is 23.0 Å². The minimum atomic E-state index is -0.0941. The minimum Gasteiger partial charge on any atom is -0.493 e. The van der Waals surface area contributed by atoms with Crippen LogP contribution in [-0.2, 0) is 6.54 Å². The van der Waals surface area contributed by atoms with Gasteiger partial charge in [-0.2, -0.15) is 4.98 Å². The number of aromatic nitrogens is 3. The lowest BCUT2D eigenvalue weighted by atomic mass is 10.1. The maximum atomic E-state index is 12.5. The molecule has 1 aromatic carbocycles. The van der Waals surface area contributed by atoms with E-state index in [0.29, 0.717) is 42.0 Å². The molecule has 2 N–H and O–H groups in total. The van der Waals surface area contributed by atoms with E-state index in [4.69, 9.17) is 19.4 Å². The fourth-order valence-corrected chi connectivity index (χ4v) is 4.48. The molecule has 0 atom stereocenters. The lowest BCUT2D eigenvalue weighted by molar-refractivity contribution is 0.254. The molecule has 0 bridgehead atoms. The number of aromatic amines is 1. The smallest absolute Gasteiger partial charge is 0.253 e. The Balaban J connectivity index is 1.60. The van der Waals surface area contributed by atoms with Gasteiger partial charge in [0, 0.05) is 49.9 Å². The lowest BCUT2D eigenvalue weighted by Gasteiger charge is -2.18. The summed E-state index contributed by atoms with van der Waals surface area (Å²) in [5.74, 6) is 2.51. The van der Waals surface area contributed by atoms with Gasteiger partial charge in [0.25, 0.3) is 5.56 Å². The number of anilines is 2. The Hall–Kier alpha value is -3.33. The number of methoxy groups -OCH3 is 1. The SMILES string of the molecule is COc1cc2c(NCc3c(C)cc(C)[nH]c3=O)nc(N(C)C)nc2cc1OCCCN1CCCC1. The van der Waals surface area contributed by atoms with Crippen molar-refractivity contribution < 1.29 is 9.47 Å². The van der Waals surface area contributed by atoms with E-state index in [1.165, 1.54) is 25.9 Å². The molecule has 9 nitrogen and oxygen atoms in total. The van der Waals surface area contributed by atoms with Crippen molar-refractivity contribution in [2.24, 2.45) is 0 Å². The zero-order chi connectivity index (χ0) is 24.9. The van der Waals surface area contributed by atoms with Crippen LogP contribution in [-0.4, -0.2) is 67.3 Å². The molecule has 0 unspecified atom stereocenters. The van der Waals surface area contributed by atoms with Crippen molar-refractivity contribution in [2.75, 3.05) is 57.7 Å². The van der Waals surface area contributed by atoms with Crippen molar-refractivity contribution in [1.29, 1.82) is 0 Å². The number of benzene rings is 1. The van der Waals surface area contributed by atoms with E-state index in [-0.39, 0.29) is 5.56 Å². The van der Waals surface area contributed by atoms with Crippen LogP contribution in [0.2, 0.25) is 0 Å². The molecule has 1 fully saturated rings. The van der Waals surface area contributed by atoms with Crippen LogP contribution in [0, 0.1) is 13.8 Å². The molecular formula is C26H36N6O3. The van der Waals surface area contributed by atoms with E-state index in [1.54, 1.807) is 7.11 Å². The summed E-state index contributed by atoms with van der Waals surface area (Å²) in [4.78, 5) is 29.1. The summed E-state index contributed by atoms with van der Waals surface area (Å²) in [6.07, 6.45) is 3.55. The number of rotatable bonds is 10. The Morgan fingerprint density at radius 2 is 1.89 bits per heavy atom. The van der Waals surface area contributed by atoms with E-state index in [0.717, 1.165) is 35.1 Å². The average Bonchev–Trinajstić information content (AvgIpc) is 3.34. The number of hydrogen-bond donors (Lipinski definition) is 2. The van der Waals surface area contributed by atoms with Crippen molar-refractivity contribution in [3.63, 3.8) is 0 Å². The van der Waals surface area contributed by atoms with E-state index in [9.17, 15) is 4.79 Å². The molecule has 3 heterocycles. The summed E-state index contributed by atoms with van der Waals surface area (Å²) in [5, 5.41) is 4.16. The molecule has 0 saturated carbocycles. The largest absolute Gasteiger partial charge is 0.493 e. The van der Waals surface area contributed by atoms with Gasteiger partial charge < -0.3 is 29.6 Å². The van der Waals surface area contributed by atoms with Crippen LogP contribution < -0.4 is 25.2 Å². The third-order valence-corrected chi connectivity index (χ3v) is 6.37. The second-order valence-corrected chi connectivity index (χ2v) is 9.33. The van der Waals surface area contributed by atoms with Gasteiger partial charge in [0.1, 0.15) is 5.82 Å². The lowest BCUT2D eigenvalue weighted by Crippen LogP contribution is -2.22. The molecule has 1 aliphatic rings. The highest BCUT2D eigenvalue weighted by molar-refractivity contribution is 5.92. The van der Waals surface area contributed by atoms with Gasteiger partial charge in [0.2, 0.25) is 5.95 Å². The second kappa shape index (κ2) is 10.9. The summed E-state index contributed by atoms with van der Waals surface area (Å²) >= 11 is 0. The Labute approximate surface area is 206 Å². The summed E-state index contributed by atoms with van der Waals surface area (Å²) in [5.41, 5.74) is 3.11. The first-order valence-corrected chi connectivity index (χ1v) is 12.2. The van der Waals surface area contributed by atoms with E-state index < -0.39 is 0 Å². The van der Waals surface area contributed by atoms with Crippen LogP contribution in [0.25, 0.3) is 10.9 Å². The van der Waals surface area contributed by atoms with E-state index in [1.807, 2.05) is 51.0 Å². The summed E-state index contributed by atoms with van der Waals surface area (Å²) in [7, 11) is 5.44. The van der Waals surface area contributed by atoms with Crippen molar-refractivity contribution in [1.82, 2.24) is 19.9 Å². The highest BCUT2D eigenvalue weighted by Crippen LogP contribution is 2.35. The predicted octanol–water partition coefficient (Wildman–Crippen LogP) is 3.49. The van der Waals surface area contributed by atoms with Gasteiger partial charge in [-0.15, -0.1) is 0 Å². The number of aryl methyl sites for hydroxylation is 2. The molecular weight excluding hydrogens is 444 g/mol. The average molecular weight is 481 g/mol. The molecule has 2 aromatic heterocycles. The van der Waals surface area contributed by atoms with Gasteiger partial charge >= 0.3 is 0 Å². The van der Waals surface area contributed by atoms with Crippen molar-refractivity contribution >= 4 is 22.7 Å². The Kier molecular flexibility index (Phi) is 7.75. The number of hydrogen-bond acceptors (Lipinski definition) is 8. The molecule has 0 amide bonds. The maximum absolute atomic E-state index is 12.5. The topological polar surface area (TPSA) is 95.6 Å². The van der Waals surface area contributed by atoms with Gasteiger partial charge in [0.05, 0.1) is 19.2 Å². The molecule has 0 aliphatic carbocycles. The summed E-state index contributed by atoms with van der Waals surface area (Å²) < 4.78 is 11.8. The first-order valence-electron chi connectivity index (χ1n) is 12.2. The van der Waals surface area contributed by atoms with Crippen molar-refractivity contribution in [3.05, 3.63) is 45.4 Å². The minimum absolute atomic E-state index is 0.0941. The molecule has 0 radical (unpaired) electrons. The number of likely N-dealkylation sites (tertiary alicyclic amines) is 1. The zero-order valence-corrected chi connectivity index (χ0v) is 21.4. The van der Waals surface area contributed by atoms with Gasteiger partial charge in [0.15, 0.2) is 11.5 Å². The van der Waals surface area contributed by atoms with Crippen LogP contribution in [0.5, 0.6) is 11.5 Å². The van der Waals surface area contributed by atoms with Gasteiger partial charge in [-0.3, -0.25) is 4.79 Å². The number of pyridine rings is 1. The highest BCUT2D eigenvalue weighted by atomic mass is 16.5. The molecule has 4 rings (SSSR count). The fraction of sp³-hybridized carbons (Fsp3) is 0.500. The van der Waals surface area contributed by atoms with Gasteiger partial charge in [-0.1, -0.05) is 0 Å². The molecule has 9 heteroatoms. The van der Waals surface area contributed by atoms with Crippen LogP contribution in [0.3, 0.4) is 0 Å². The van der Waals surface area contributed by atoms with E-state index >= 15 is 0 Å². The standard InChI is InChI=1S/C26H36N6O3/c1-17-13-18(2)28-25(33)20(17)16-27-24-19-14-22(34-5)23(15-21(19)29-26(30-24)31(3)4)35-12-8-11-32-9-6-7-10-32/h13-15H,6-12,16H2,1-5H3,(H,28,33)(H,27,29,30). The molecule has 3 aromatic rings. The highest BCUT2D eigenvalue weighted by Gasteiger charge is 2.16. The third kappa shape index (κ3) is 5.85. The van der Waals surface area contributed by atoms with Crippen LogP contribution in [0.4, 0.5) is 11.8 Å². The third-order valence-electron chi connectivity index (χ3n) is 6.37.